The number of hydrogen-bond donors (Lipinski definition) is 2. The lowest BCUT2D eigenvalue weighted by atomic mass is 10.2. The molecule has 0 aromatic carbocycles. The molecule has 2 N–H and O–H groups in total. The molecule has 10 heavy (non-hydrogen) atoms. The Morgan fingerprint density at radius 1 is 1.70 bits per heavy atom. The van der Waals surface area contributed by atoms with Crippen molar-refractivity contribution in [1.29, 1.82) is 0 Å². The van der Waals surface area contributed by atoms with Crippen molar-refractivity contribution in [3.63, 3.8) is 0 Å². The normalized spacial score (nSPS) is 30.4. The van der Waals surface area contributed by atoms with Crippen molar-refractivity contribution < 1.29 is 9.90 Å². The lowest BCUT2D eigenvalue weighted by molar-refractivity contribution is 0.221. The number of carbonyl (C=O) groups is 1. The molecule has 1 fully saturated rings. The first kappa shape index (κ1) is 7.88. The van der Waals surface area contributed by atoms with Gasteiger partial charge in [0, 0.05) is 0 Å². The van der Waals surface area contributed by atoms with E-state index in [9.17, 15) is 4.79 Å². The first-order chi connectivity index (χ1) is 4.54. The Morgan fingerprint density at radius 3 is 2.50 bits per heavy atom. The summed E-state index contributed by atoms with van der Waals surface area (Å²) in [6.07, 6.45) is 0. The number of carboxylic acid groups (broad SMARTS) is 1. The highest BCUT2D eigenvalue weighted by molar-refractivity contribution is 8.11. The fourth-order valence-electron chi connectivity index (χ4n) is 1.03. The fourth-order valence-corrected chi connectivity index (χ4v) is 2.60. The number of nitrogens with one attached hydrogen (secondary N) is 1. The Hall–Kier alpha value is -0.220. The summed E-state index contributed by atoms with van der Waals surface area (Å²) in [6.45, 7) is 4.80. The van der Waals surface area contributed by atoms with Crippen LogP contribution in [0.3, 0.4) is 0 Å². The van der Waals surface area contributed by atoms with Crippen molar-refractivity contribution in [1.82, 2.24) is 5.32 Å². The Bertz CT molecular complexity index is 158. The van der Waals surface area contributed by atoms with Gasteiger partial charge in [0.15, 0.2) is 5.88 Å². The minimum Gasteiger partial charge on any atom is -0.441 e. The van der Waals surface area contributed by atoms with E-state index in [0.717, 1.165) is 6.54 Å². The van der Waals surface area contributed by atoms with E-state index < -0.39 is 16.2 Å². The van der Waals surface area contributed by atoms with Gasteiger partial charge in [-0.05, 0) is 13.8 Å². The lowest BCUT2D eigenvalue weighted by Crippen LogP contribution is -2.34. The monoisotopic (exact) mass is 162 g/mol. The van der Waals surface area contributed by atoms with Crippen LogP contribution in [0.1, 0.15) is 13.8 Å². The molecule has 0 aromatic rings. The maximum atomic E-state index is 10.6. The van der Waals surface area contributed by atoms with E-state index in [0.29, 0.717) is 5.88 Å². The van der Waals surface area contributed by atoms with Gasteiger partial charge in [0.1, 0.15) is 15.6 Å². The molecule has 1 unspecified atom stereocenters. The van der Waals surface area contributed by atoms with Crippen LogP contribution in [0.25, 0.3) is 0 Å². The molecule has 0 aromatic heterocycles. The molecule has 1 rings (SSSR count). The van der Waals surface area contributed by atoms with Gasteiger partial charge in [-0.1, -0.05) is 0 Å². The molecule has 4 heteroatoms. The Balaban J connectivity index is 2.68. The van der Waals surface area contributed by atoms with Crippen LogP contribution in [0.15, 0.2) is 0 Å². The van der Waals surface area contributed by atoms with E-state index in [-0.39, 0.29) is 4.75 Å². The summed E-state index contributed by atoms with van der Waals surface area (Å²) < 4.78 is -0.0498. The van der Waals surface area contributed by atoms with Crippen molar-refractivity contribution >= 4 is 16.2 Å². The van der Waals surface area contributed by atoms with Crippen LogP contribution in [0, 0.1) is 0 Å². The van der Waals surface area contributed by atoms with E-state index in [1.165, 1.54) is 0 Å². The molecule has 3 nitrogen and oxygen atoms in total. The van der Waals surface area contributed by atoms with Gasteiger partial charge in [0.05, 0.1) is 6.54 Å². The summed E-state index contributed by atoms with van der Waals surface area (Å²) in [5, 5.41) is 11.1. The molecule has 0 spiro atoms. The Labute approximate surface area is 63.2 Å². The zero-order chi connectivity index (χ0) is 7.78. The van der Waals surface area contributed by atoms with Crippen molar-refractivity contribution in [2.45, 2.75) is 18.6 Å². The molecule has 1 heterocycles. The second-order valence-electron chi connectivity index (χ2n) is 2.99. The van der Waals surface area contributed by atoms with Crippen molar-refractivity contribution in [2.24, 2.45) is 0 Å². The zero-order valence-corrected chi connectivity index (χ0v) is 6.99. The van der Waals surface area contributed by atoms with Gasteiger partial charge in [-0.3, -0.25) is 5.32 Å². The highest BCUT2D eigenvalue weighted by Crippen LogP contribution is 2.23. The predicted octanol–water partition coefficient (Wildman–Crippen LogP) is 0.622. The molecule has 0 saturated carbocycles. The zero-order valence-electron chi connectivity index (χ0n) is 6.18. The third-order valence-electron chi connectivity index (χ3n) is 1.67. The first-order valence-corrected chi connectivity index (χ1v) is 4.58. The van der Waals surface area contributed by atoms with Crippen LogP contribution < -0.4 is 5.32 Å². The van der Waals surface area contributed by atoms with Crippen LogP contribution in [0.5, 0.6) is 0 Å². The van der Waals surface area contributed by atoms with Gasteiger partial charge in [-0.25, -0.2) is 0 Å². The van der Waals surface area contributed by atoms with Crippen LogP contribution in [0.2, 0.25) is 0 Å². The van der Waals surface area contributed by atoms with Crippen molar-refractivity contribution in [2.75, 3.05) is 12.4 Å². The predicted molar refractivity (Wildman–Crippen MR) is 42.3 cm³/mol. The highest BCUT2D eigenvalue weighted by atomic mass is 32.2. The van der Waals surface area contributed by atoms with Crippen LogP contribution in [-0.4, -0.2) is 27.6 Å². The maximum absolute atomic E-state index is 10.6. The Kier molecular flexibility index (Phi) is 1.92. The minimum absolute atomic E-state index is 0.0498. The van der Waals surface area contributed by atoms with Crippen LogP contribution >= 0.6 is 0 Å². The summed E-state index contributed by atoms with van der Waals surface area (Å²) >= 11 is 0. The standard InChI is InChI=1S/C6H11NO2S/c1-6(2)3-7-4-10(6)5(8)9/h7H,3-4H2,1-2H3/p+1. The Morgan fingerprint density at radius 2 is 2.30 bits per heavy atom. The molecular weight excluding hydrogens is 150 g/mol. The minimum atomic E-state index is -0.657. The summed E-state index contributed by atoms with van der Waals surface area (Å²) in [5.41, 5.74) is 0. The average molecular weight is 162 g/mol. The first-order valence-electron chi connectivity index (χ1n) is 3.19. The third-order valence-corrected chi connectivity index (χ3v) is 4.07. The highest BCUT2D eigenvalue weighted by Gasteiger charge is 2.50. The van der Waals surface area contributed by atoms with Gasteiger partial charge in [-0.15, -0.1) is 0 Å². The van der Waals surface area contributed by atoms with E-state index in [4.69, 9.17) is 5.11 Å². The molecule has 1 aliphatic heterocycles. The van der Waals surface area contributed by atoms with Crippen molar-refractivity contribution in [3.05, 3.63) is 0 Å². The van der Waals surface area contributed by atoms with Gasteiger partial charge in [-0.2, -0.15) is 4.79 Å². The third kappa shape index (κ3) is 1.27. The SMILES string of the molecule is CC1(C)CNC[S+]1C(=O)O. The molecule has 1 saturated heterocycles. The lowest BCUT2D eigenvalue weighted by Gasteiger charge is -2.10. The van der Waals surface area contributed by atoms with E-state index in [2.05, 4.69) is 5.32 Å². The smallest absolute Gasteiger partial charge is 0.441 e. The molecule has 1 aliphatic rings. The van der Waals surface area contributed by atoms with Gasteiger partial charge in [0.2, 0.25) is 0 Å². The molecule has 58 valence electrons. The van der Waals surface area contributed by atoms with Crippen molar-refractivity contribution in [3.8, 4) is 0 Å². The summed E-state index contributed by atoms with van der Waals surface area (Å²) in [4.78, 5) is 10.6. The van der Waals surface area contributed by atoms with Gasteiger partial charge in [0.25, 0.3) is 0 Å². The van der Waals surface area contributed by atoms with Gasteiger partial charge < -0.3 is 5.11 Å². The molecule has 0 amide bonds. The molecule has 0 radical (unpaired) electrons. The molecule has 0 bridgehead atoms. The quantitative estimate of drug-likeness (QED) is 0.513. The maximum Gasteiger partial charge on any atom is 0.524 e. The van der Waals surface area contributed by atoms with E-state index in [1.807, 2.05) is 13.8 Å². The van der Waals surface area contributed by atoms with E-state index in [1.54, 1.807) is 0 Å². The summed E-state index contributed by atoms with van der Waals surface area (Å²) in [5.74, 6) is 0.641. The number of hydrogen-bond acceptors (Lipinski definition) is 2. The summed E-state index contributed by atoms with van der Waals surface area (Å²) in [7, 11) is -0.484. The van der Waals surface area contributed by atoms with Crippen LogP contribution in [0.4, 0.5) is 4.79 Å². The molecular formula is C6H12NO2S+. The second kappa shape index (κ2) is 2.43. The van der Waals surface area contributed by atoms with E-state index >= 15 is 0 Å². The number of rotatable bonds is 0. The largest absolute Gasteiger partial charge is 0.524 e. The van der Waals surface area contributed by atoms with Crippen LogP contribution in [-0.2, 0) is 10.9 Å². The summed E-state index contributed by atoms with van der Waals surface area (Å²) in [6, 6.07) is 0. The fraction of sp³-hybridized carbons (Fsp3) is 0.833. The molecule has 1 atom stereocenters. The second-order valence-corrected chi connectivity index (χ2v) is 5.51. The topological polar surface area (TPSA) is 49.3 Å². The molecule has 0 aliphatic carbocycles. The average Bonchev–Trinajstić information content (AvgIpc) is 2.08. The van der Waals surface area contributed by atoms with Gasteiger partial charge >= 0.3 is 5.30 Å².